The van der Waals surface area contributed by atoms with Crippen molar-refractivity contribution in [3.05, 3.63) is 76.9 Å². The first-order valence-electron chi connectivity index (χ1n) is 8.59. The third-order valence-corrected chi connectivity index (χ3v) is 4.15. The summed E-state index contributed by atoms with van der Waals surface area (Å²) in [6.45, 7) is 3.33. The van der Waals surface area contributed by atoms with Crippen LogP contribution in [-0.4, -0.2) is 16.8 Å². The van der Waals surface area contributed by atoms with Crippen molar-refractivity contribution in [2.75, 3.05) is 16.0 Å². The Bertz CT molecular complexity index is 1040. The number of halogens is 1. The summed E-state index contributed by atoms with van der Waals surface area (Å²) in [7, 11) is 0. The van der Waals surface area contributed by atoms with Crippen LogP contribution in [-0.2, 0) is 4.79 Å². The molecule has 0 unspecified atom stereocenters. The van der Waals surface area contributed by atoms with Gasteiger partial charge < -0.3 is 16.0 Å². The van der Waals surface area contributed by atoms with Gasteiger partial charge in [0.25, 0.3) is 5.91 Å². The van der Waals surface area contributed by atoms with Crippen LogP contribution in [0.25, 0.3) is 0 Å². The Morgan fingerprint density at radius 2 is 1.75 bits per heavy atom. The minimum atomic E-state index is -0.247. The number of anilines is 4. The molecule has 2 amide bonds. The predicted octanol–water partition coefficient (Wildman–Crippen LogP) is 5.00. The zero-order valence-corrected chi connectivity index (χ0v) is 16.2. The highest BCUT2D eigenvalue weighted by atomic mass is 35.5. The molecule has 0 saturated heterocycles. The zero-order chi connectivity index (χ0) is 20.1. The number of benzene rings is 2. The molecule has 1 aromatic heterocycles. The molecule has 0 aliphatic rings. The highest BCUT2D eigenvalue weighted by molar-refractivity contribution is 6.30. The number of hydrogen-bond acceptors (Lipinski definition) is 4. The summed E-state index contributed by atoms with van der Waals surface area (Å²) < 4.78 is 0. The first kappa shape index (κ1) is 19.4. The maximum atomic E-state index is 12.6. The Hall–Kier alpha value is -3.38. The van der Waals surface area contributed by atoms with Crippen LogP contribution >= 0.6 is 11.6 Å². The van der Waals surface area contributed by atoms with E-state index in [0.29, 0.717) is 27.8 Å². The number of hydrogen-bond donors (Lipinski definition) is 3. The van der Waals surface area contributed by atoms with Crippen LogP contribution in [0.4, 0.5) is 22.9 Å². The van der Waals surface area contributed by atoms with Crippen LogP contribution in [0.1, 0.15) is 22.8 Å². The average Bonchev–Trinajstić information content (AvgIpc) is 2.64. The summed E-state index contributed by atoms with van der Waals surface area (Å²) in [6, 6.07) is 15.8. The maximum Gasteiger partial charge on any atom is 0.255 e. The van der Waals surface area contributed by atoms with Crippen molar-refractivity contribution in [3.8, 4) is 0 Å². The molecule has 0 atom stereocenters. The SMILES string of the molecule is CC(=O)Nc1cccc(Nc2cc(C(=O)Nc3ccc(Cl)cc3C)ccn2)c1. The monoisotopic (exact) mass is 394 g/mol. The standard InChI is InChI=1S/C21H19ClN4O2/c1-13-10-16(22)6-7-19(13)26-21(28)15-8-9-23-20(11-15)25-18-5-3-4-17(12-18)24-14(2)27/h3-12H,1-2H3,(H,23,25)(H,24,27)(H,26,28). The van der Waals surface area contributed by atoms with Crippen LogP contribution in [0.2, 0.25) is 5.02 Å². The summed E-state index contributed by atoms with van der Waals surface area (Å²) >= 11 is 5.95. The highest BCUT2D eigenvalue weighted by Crippen LogP contribution is 2.22. The number of pyridine rings is 1. The van der Waals surface area contributed by atoms with Gasteiger partial charge in [-0.1, -0.05) is 17.7 Å². The molecule has 6 nitrogen and oxygen atoms in total. The van der Waals surface area contributed by atoms with E-state index >= 15 is 0 Å². The number of nitrogens with one attached hydrogen (secondary N) is 3. The molecule has 0 bridgehead atoms. The van der Waals surface area contributed by atoms with E-state index in [0.717, 1.165) is 11.3 Å². The number of aromatic nitrogens is 1. The van der Waals surface area contributed by atoms with Crippen molar-refractivity contribution in [2.45, 2.75) is 13.8 Å². The lowest BCUT2D eigenvalue weighted by molar-refractivity contribution is -0.114. The molecular formula is C21H19ClN4O2. The molecule has 3 N–H and O–H groups in total. The van der Waals surface area contributed by atoms with E-state index in [-0.39, 0.29) is 11.8 Å². The van der Waals surface area contributed by atoms with Gasteiger partial charge in [-0.3, -0.25) is 9.59 Å². The van der Waals surface area contributed by atoms with Crippen LogP contribution in [0.15, 0.2) is 60.8 Å². The van der Waals surface area contributed by atoms with Gasteiger partial charge in [0.1, 0.15) is 5.82 Å². The van der Waals surface area contributed by atoms with Crippen molar-refractivity contribution in [3.63, 3.8) is 0 Å². The molecule has 1 heterocycles. The molecule has 3 rings (SSSR count). The fourth-order valence-corrected chi connectivity index (χ4v) is 2.85. The molecule has 0 saturated carbocycles. The Balaban J connectivity index is 1.75. The van der Waals surface area contributed by atoms with Gasteiger partial charge in [-0.2, -0.15) is 0 Å². The maximum absolute atomic E-state index is 12.6. The third kappa shape index (κ3) is 5.08. The molecule has 142 valence electrons. The van der Waals surface area contributed by atoms with Crippen molar-refractivity contribution in [2.24, 2.45) is 0 Å². The smallest absolute Gasteiger partial charge is 0.255 e. The lowest BCUT2D eigenvalue weighted by Gasteiger charge is -2.11. The highest BCUT2D eigenvalue weighted by Gasteiger charge is 2.10. The van der Waals surface area contributed by atoms with Gasteiger partial charge in [-0.25, -0.2) is 4.98 Å². The van der Waals surface area contributed by atoms with Crippen LogP contribution in [0, 0.1) is 6.92 Å². The Labute approximate surface area is 168 Å². The van der Waals surface area contributed by atoms with Crippen LogP contribution in [0.3, 0.4) is 0 Å². The quantitative estimate of drug-likeness (QED) is 0.568. The summed E-state index contributed by atoms with van der Waals surface area (Å²) in [6.07, 6.45) is 1.56. The van der Waals surface area contributed by atoms with E-state index in [4.69, 9.17) is 11.6 Å². The molecule has 0 radical (unpaired) electrons. The average molecular weight is 395 g/mol. The van der Waals surface area contributed by atoms with Gasteiger partial charge in [0, 0.05) is 40.8 Å². The molecule has 0 fully saturated rings. The van der Waals surface area contributed by atoms with Gasteiger partial charge in [0.2, 0.25) is 5.91 Å². The van der Waals surface area contributed by atoms with E-state index in [1.54, 1.807) is 48.7 Å². The lowest BCUT2D eigenvalue weighted by atomic mass is 10.2. The number of rotatable bonds is 5. The predicted molar refractivity (Wildman–Crippen MR) is 112 cm³/mol. The Morgan fingerprint density at radius 3 is 2.50 bits per heavy atom. The second kappa shape index (κ2) is 8.54. The lowest BCUT2D eigenvalue weighted by Crippen LogP contribution is -2.13. The van der Waals surface area contributed by atoms with E-state index in [2.05, 4.69) is 20.9 Å². The molecular weight excluding hydrogens is 376 g/mol. The van der Waals surface area contributed by atoms with Crippen LogP contribution in [0.5, 0.6) is 0 Å². The molecule has 0 spiro atoms. The fourth-order valence-electron chi connectivity index (χ4n) is 2.63. The minimum Gasteiger partial charge on any atom is -0.340 e. The minimum absolute atomic E-state index is 0.147. The van der Waals surface area contributed by atoms with Crippen LogP contribution < -0.4 is 16.0 Å². The second-order valence-corrected chi connectivity index (χ2v) is 6.67. The van der Waals surface area contributed by atoms with Crippen molar-refractivity contribution < 1.29 is 9.59 Å². The summed E-state index contributed by atoms with van der Waals surface area (Å²) in [5.74, 6) is 0.120. The molecule has 28 heavy (non-hydrogen) atoms. The first-order valence-corrected chi connectivity index (χ1v) is 8.97. The van der Waals surface area contributed by atoms with E-state index in [9.17, 15) is 9.59 Å². The molecule has 0 aliphatic heterocycles. The fraction of sp³-hybridized carbons (Fsp3) is 0.0952. The largest absolute Gasteiger partial charge is 0.340 e. The number of carbonyl (C=O) groups excluding carboxylic acids is 2. The van der Waals surface area contributed by atoms with E-state index in [1.807, 2.05) is 19.1 Å². The van der Waals surface area contributed by atoms with Gasteiger partial charge in [0.15, 0.2) is 0 Å². The summed E-state index contributed by atoms with van der Waals surface area (Å²) in [5, 5.41) is 9.35. The molecule has 2 aromatic carbocycles. The number of carbonyl (C=O) groups is 2. The number of amides is 2. The second-order valence-electron chi connectivity index (χ2n) is 6.23. The van der Waals surface area contributed by atoms with Gasteiger partial charge in [-0.05, 0) is 61.0 Å². The summed E-state index contributed by atoms with van der Waals surface area (Å²) in [4.78, 5) is 28.0. The Morgan fingerprint density at radius 1 is 0.964 bits per heavy atom. The molecule has 0 aliphatic carbocycles. The third-order valence-electron chi connectivity index (χ3n) is 3.91. The van der Waals surface area contributed by atoms with E-state index in [1.165, 1.54) is 6.92 Å². The summed E-state index contributed by atoms with van der Waals surface area (Å²) in [5.41, 5.74) is 3.45. The molecule has 7 heteroatoms. The normalized spacial score (nSPS) is 10.2. The van der Waals surface area contributed by atoms with E-state index < -0.39 is 0 Å². The zero-order valence-electron chi connectivity index (χ0n) is 15.4. The van der Waals surface area contributed by atoms with Crippen molar-refractivity contribution in [1.29, 1.82) is 0 Å². The number of aryl methyl sites for hydroxylation is 1. The molecule has 3 aromatic rings. The Kier molecular flexibility index (Phi) is 5.91. The van der Waals surface area contributed by atoms with Crippen molar-refractivity contribution in [1.82, 2.24) is 4.98 Å². The number of nitrogens with zero attached hydrogens (tertiary/aromatic N) is 1. The van der Waals surface area contributed by atoms with Gasteiger partial charge >= 0.3 is 0 Å². The van der Waals surface area contributed by atoms with Gasteiger partial charge in [-0.15, -0.1) is 0 Å². The van der Waals surface area contributed by atoms with Gasteiger partial charge in [0.05, 0.1) is 0 Å². The topological polar surface area (TPSA) is 83.1 Å². The van der Waals surface area contributed by atoms with Crippen molar-refractivity contribution >= 4 is 46.3 Å². The first-order chi connectivity index (χ1) is 13.4.